The highest BCUT2D eigenvalue weighted by Gasteiger charge is 2.17. The highest BCUT2D eigenvalue weighted by molar-refractivity contribution is 5.56. The zero-order valence-corrected chi connectivity index (χ0v) is 12.9. The van der Waals surface area contributed by atoms with Crippen molar-refractivity contribution in [3.8, 4) is 5.75 Å². The summed E-state index contributed by atoms with van der Waals surface area (Å²) in [5, 5.41) is 3.39. The van der Waals surface area contributed by atoms with Crippen LogP contribution in [0.2, 0.25) is 0 Å². The number of aryl methyl sites for hydroxylation is 1. The van der Waals surface area contributed by atoms with E-state index in [9.17, 15) is 0 Å². The maximum absolute atomic E-state index is 5.50. The van der Waals surface area contributed by atoms with E-state index >= 15 is 0 Å². The lowest BCUT2D eigenvalue weighted by Crippen LogP contribution is -2.23. The molecule has 0 aliphatic rings. The van der Waals surface area contributed by atoms with Crippen molar-refractivity contribution >= 4 is 5.65 Å². The Morgan fingerprint density at radius 3 is 2.75 bits per heavy atom. The van der Waals surface area contributed by atoms with E-state index in [1.54, 1.807) is 7.11 Å². The second-order valence-corrected chi connectivity index (χ2v) is 6.04. The summed E-state index contributed by atoms with van der Waals surface area (Å²) >= 11 is 0. The van der Waals surface area contributed by atoms with Crippen molar-refractivity contribution in [2.24, 2.45) is 5.41 Å². The van der Waals surface area contributed by atoms with E-state index in [0.29, 0.717) is 6.54 Å². The van der Waals surface area contributed by atoms with Crippen LogP contribution >= 0.6 is 0 Å². The Bertz CT molecular complexity index is 635. The summed E-state index contributed by atoms with van der Waals surface area (Å²) in [4.78, 5) is 4.44. The summed E-state index contributed by atoms with van der Waals surface area (Å²) in [5.74, 6) is 0.857. The zero-order valence-electron chi connectivity index (χ0n) is 12.9. The average molecular weight is 273 g/mol. The average Bonchev–Trinajstić information content (AvgIpc) is 2.85. The Hall–Kier alpha value is -1.97. The molecule has 0 aromatic carbocycles. The lowest BCUT2D eigenvalue weighted by molar-refractivity contribution is 0.405. The number of ether oxygens (including phenoxy) is 1. The Balaban J connectivity index is 2.36. The molecule has 2 aromatic heterocycles. The van der Waals surface area contributed by atoms with Crippen LogP contribution in [0.15, 0.2) is 30.7 Å². The Morgan fingerprint density at radius 2 is 2.15 bits per heavy atom. The maximum Gasteiger partial charge on any atom is 0.145 e. The number of nitrogens with zero attached hydrogens (tertiary/aromatic N) is 2. The fourth-order valence-electron chi connectivity index (χ4n) is 2.08. The summed E-state index contributed by atoms with van der Waals surface area (Å²) in [6, 6.07) is 2.03. The molecular weight excluding hydrogens is 250 g/mol. The first kappa shape index (κ1) is 14.4. The second kappa shape index (κ2) is 5.19. The minimum Gasteiger partial charge on any atom is -0.496 e. The van der Waals surface area contributed by atoms with Gasteiger partial charge in [-0.05, 0) is 6.92 Å². The number of pyridine rings is 1. The van der Waals surface area contributed by atoms with Gasteiger partial charge in [0.05, 0.1) is 12.7 Å². The number of rotatable bonds is 4. The molecule has 0 saturated carbocycles. The molecule has 2 heterocycles. The number of methoxy groups -OCH3 is 1. The predicted octanol–water partition coefficient (Wildman–Crippen LogP) is 3.30. The van der Waals surface area contributed by atoms with Crippen LogP contribution in [-0.4, -0.2) is 16.5 Å². The third-order valence-electron chi connectivity index (χ3n) is 3.53. The lowest BCUT2D eigenvalue weighted by Gasteiger charge is -2.24. The number of hydrogen-bond acceptors (Lipinski definition) is 3. The number of aromatic nitrogens is 2. The number of allylic oxidation sites excluding steroid dienone is 1. The molecule has 0 fully saturated rings. The van der Waals surface area contributed by atoms with Crippen LogP contribution in [0.5, 0.6) is 5.75 Å². The minimum absolute atomic E-state index is 0.0314. The highest BCUT2D eigenvalue weighted by Crippen LogP contribution is 2.26. The van der Waals surface area contributed by atoms with E-state index in [0.717, 1.165) is 28.4 Å². The molecule has 2 rings (SSSR count). The van der Waals surface area contributed by atoms with Crippen molar-refractivity contribution in [2.75, 3.05) is 7.11 Å². The summed E-state index contributed by atoms with van der Waals surface area (Å²) in [6.07, 6.45) is 3.77. The number of hydrogen-bond donors (Lipinski definition) is 1. The van der Waals surface area contributed by atoms with Crippen molar-refractivity contribution in [3.63, 3.8) is 0 Å². The van der Waals surface area contributed by atoms with Gasteiger partial charge in [0.1, 0.15) is 11.4 Å². The molecular formula is C16H23N3O. The quantitative estimate of drug-likeness (QED) is 0.929. The molecule has 4 heteroatoms. The number of imidazole rings is 1. The van der Waals surface area contributed by atoms with Crippen molar-refractivity contribution in [1.82, 2.24) is 14.7 Å². The molecule has 0 spiro atoms. The van der Waals surface area contributed by atoms with Crippen LogP contribution in [0, 0.1) is 12.3 Å². The molecule has 0 unspecified atom stereocenters. The molecule has 1 N–H and O–H groups in total. The summed E-state index contributed by atoms with van der Waals surface area (Å²) in [7, 11) is 1.69. The Morgan fingerprint density at radius 1 is 1.45 bits per heavy atom. The molecule has 108 valence electrons. The van der Waals surface area contributed by atoms with Gasteiger partial charge in [0.25, 0.3) is 0 Å². The molecule has 20 heavy (non-hydrogen) atoms. The van der Waals surface area contributed by atoms with Crippen molar-refractivity contribution in [1.29, 1.82) is 0 Å². The molecule has 0 saturated heterocycles. The van der Waals surface area contributed by atoms with Gasteiger partial charge in [-0.15, -0.1) is 0 Å². The highest BCUT2D eigenvalue weighted by atomic mass is 16.5. The van der Waals surface area contributed by atoms with Crippen LogP contribution < -0.4 is 10.1 Å². The van der Waals surface area contributed by atoms with Crippen LogP contribution in [0.3, 0.4) is 0 Å². The normalized spacial score (nSPS) is 11.7. The zero-order chi connectivity index (χ0) is 14.9. The van der Waals surface area contributed by atoms with Gasteiger partial charge < -0.3 is 14.5 Å². The first-order valence-electron chi connectivity index (χ1n) is 6.77. The number of nitrogens with one attached hydrogen (secondary N) is 1. The van der Waals surface area contributed by atoms with Gasteiger partial charge in [0, 0.05) is 41.8 Å². The fraction of sp³-hybridized carbons (Fsp3) is 0.438. The first-order chi connectivity index (χ1) is 9.34. The topological polar surface area (TPSA) is 38.6 Å². The van der Waals surface area contributed by atoms with Gasteiger partial charge in [-0.1, -0.05) is 27.4 Å². The Labute approximate surface area is 120 Å². The molecule has 2 aromatic rings. The molecule has 0 aliphatic carbocycles. The standard InChI is InChI=1S/C16H23N3O/c1-11-9-14(20-6)13(15-17-7-8-19(11)15)10-18-12(2)16(3,4)5/h7-9,18H,2,10H2,1,3-6H3. The van der Waals surface area contributed by atoms with Crippen LogP contribution in [0.25, 0.3) is 5.65 Å². The van der Waals surface area contributed by atoms with Gasteiger partial charge in [0.15, 0.2) is 0 Å². The van der Waals surface area contributed by atoms with Crippen molar-refractivity contribution in [3.05, 3.63) is 42.0 Å². The van der Waals surface area contributed by atoms with Gasteiger partial charge in [-0.2, -0.15) is 0 Å². The van der Waals surface area contributed by atoms with E-state index in [4.69, 9.17) is 4.74 Å². The molecule has 4 nitrogen and oxygen atoms in total. The lowest BCUT2D eigenvalue weighted by atomic mass is 9.93. The predicted molar refractivity (Wildman–Crippen MR) is 81.9 cm³/mol. The minimum atomic E-state index is 0.0314. The van der Waals surface area contributed by atoms with E-state index in [2.05, 4.69) is 42.1 Å². The molecule has 0 bridgehead atoms. The van der Waals surface area contributed by atoms with E-state index < -0.39 is 0 Å². The van der Waals surface area contributed by atoms with E-state index in [1.165, 1.54) is 0 Å². The summed E-state index contributed by atoms with van der Waals surface area (Å²) in [6.45, 7) is 13.2. The fourth-order valence-corrected chi connectivity index (χ4v) is 2.08. The van der Waals surface area contributed by atoms with Crippen LogP contribution in [0.4, 0.5) is 0 Å². The first-order valence-corrected chi connectivity index (χ1v) is 6.77. The molecule has 0 radical (unpaired) electrons. The van der Waals surface area contributed by atoms with Crippen LogP contribution in [0.1, 0.15) is 32.0 Å². The maximum atomic E-state index is 5.50. The largest absolute Gasteiger partial charge is 0.496 e. The number of fused-ring (bicyclic) bond motifs is 1. The molecule has 0 atom stereocenters. The van der Waals surface area contributed by atoms with Crippen molar-refractivity contribution < 1.29 is 4.74 Å². The van der Waals surface area contributed by atoms with Crippen LogP contribution in [-0.2, 0) is 6.54 Å². The van der Waals surface area contributed by atoms with Crippen molar-refractivity contribution in [2.45, 2.75) is 34.2 Å². The summed E-state index contributed by atoms with van der Waals surface area (Å²) < 4.78 is 7.57. The van der Waals surface area contributed by atoms with Gasteiger partial charge in [0.2, 0.25) is 0 Å². The third-order valence-corrected chi connectivity index (χ3v) is 3.53. The summed E-state index contributed by atoms with van der Waals surface area (Å²) in [5.41, 5.74) is 4.12. The monoisotopic (exact) mass is 273 g/mol. The van der Waals surface area contributed by atoms with Gasteiger partial charge in [-0.25, -0.2) is 4.98 Å². The van der Waals surface area contributed by atoms with E-state index in [-0.39, 0.29) is 5.41 Å². The van der Waals surface area contributed by atoms with E-state index in [1.807, 2.05) is 25.4 Å². The third kappa shape index (κ3) is 2.64. The molecule has 0 aliphatic heterocycles. The molecule has 0 amide bonds. The van der Waals surface area contributed by atoms with Gasteiger partial charge >= 0.3 is 0 Å². The SMILES string of the molecule is C=C(NCc1c(OC)cc(C)n2ccnc12)C(C)(C)C. The van der Waals surface area contributed by atoms with Gasteiger partial charge in [-0.3, -0.25) is 0 Å². The smallest absolute Gasteiger partial charge is 0.145 e. The Kier molecular flexibility index (Phi) is 3.75. The second-order valence-electron chi connectivity index (χ2n) is 6.04.